The van der Waals surface area contributed by atoms with Gasteiger partial charge in [0.25, 0.3) is 0 Å². The third-order valence-electron chi connectivity index (χ3n) is 1.65. The molecule has 0 aliphatic heterocycles. The largest absolute Gasteiger partial charge is 0.394 e. The number of nitrogens with two attached hydrogens (primary N) is 1. The molecule has 0 bridgehead atoms. The Morgan fingerprint density at radius 1 is 0.938 bits per heavy atom. The van der Waals surface area contributed by atoms with Crippen molar-refractivity contribution >= 4 is 11.5 Å². The first-order chi connectivity index (χ1) is 7.37. The van der Waals surface area contributed by atoms with Crippen LogP contribution in [0.2, 0.25) is 0 Å². The molecule has 6 heteroatoms. The van der Waals surface area contributed by atoms with Gasteiger partial charge in [-0.25, -0.2) is 17.6 Å². The van der Waals surface area contributed by atoms with Crippen molar-refractivity contribution in [2.24, 2.45) is 0 Å². The lowest BCUT2D eigenvalue weighted by Gasteiger charge is -2.06. The molecule has 0 saturated carbocycles. The Morgan fingerprint density at radius 3 is 1.50 bits per heavy atom. The number of ketones is 1. The highest BCUT2D eigenvalue weighted by molar-refractivity contribution is 5.95. The van der Waals surface area contributed by atoms with Crippen LogP contribution in [0.1, 0.15) is 31.1 Å². The topological polar surface area (TPSA) is 43.1 Å². The molecular weight excluding hydrogens is 226 g/mol. The third kappa shape index (κ3) is 2.32. The Bertz CT molecular complexity index is 389. The highest BCUT2D eigenvalue weighted by atomic mass is 19.2. The lowest BCUT2D eigenvalue weighted by Crippen LogP contribution is -2.10. The number of Topliss-reactive ketones (excluding diaryl/α,β-unsaturated/α-hetero) is 1. The highest BCUT2D eigenvalue weighted by Crippen LogP contribution is 2.25. The maximum Gasteiger partial charge on any atom is 0.185 e. The van der Waals surface area contributed by atoms with Crippen LogP contribution in [0.3, 0.4) is 0 Å². The second kappa shape index (κ2) is 5.48. The van der Waals surface area contributed by atoms with Crippen LogP contribution in [0.25, 0.3) is 0 Å². The van der Waals surface area contributed by atoms with Crippen LogP contribution >= 0.6 is 0 Å². The van der Waals surface area contributed by atoms with Gasteiger partial charge in [0, 0.05) is 0 Å². The first kappa shape index (κ1) is 14.4. The summed E-state index contributed by atoms with van der Waals surface area (Å²) in [4.78, 5) is 10.6. The molecule has 2 nitrogen and oxygen atoms in total. The minimum Gasteiger partial charge on any atom is -0.394 e. The summed E-state index contributed by atoms with van der Waals surface area (Å²) in [5.74, 6) is -8.16. The van der Waals surface area contributed by atoms with E-state index in [9.17, 15) is 22.4 Å². The molecule has 0 radical (unpaired) electrons. The van der Waals surface area contributed by atoms with Gasteiger partial charge in [0.2, 0.25) is 0 Å². The fourth-order valence-electron chi connectivity index (χ4n) is 0.958. The zero-order valence-corrected chi connectivity index (χ0v) is 9.00. The fraction of sp³-hybridized carbons (Fsp3) is 0.300. The average Bonchev–Trinajstić information content (AvgIpc) is 2.26. The van der Waals surface area contributed by atoms with Crippen LogP contribution in [-0.2, 0) is 0 Å². The first-order valence-corrected chi connectivity index (χ1v) is 4.50. The first-order valence-electron chi connectivity index (χ1n) is 4.50. The lowest BCUT2D eigenvalue weighted by molar-refractivity contribution is 0.100. The summed E-state index contributed by atoms with van der Waals surface area (Å²) < 4.78 is 51.2. The molecule has 1 aromatic carbocycles. The molecule has 0 aliphatic rings. The van der Waals surface area contributed by atoms with Crippen molar-refractivity contribution in [3.63, 3.8) is 0 Å². The molecule has 0 atom stereocenters. The Kier molecular flexibility index (Phi) is 4.94. The third-order valence-corrected chi connectivity index (χ3v) is 1.65. The summed E-state index contributed by atoms with van der Waals surface area (Å²) in [6.07, 6.45) is 0. The van der Waals surface area contributed by atoms with Gasteiger partial charge in [-0.2, -0.15) is 0 Å². The predicted molar refractivity (Wildman–Crippen MR) is 52.0 cm³/mol. The Labute approximate surface area is 90.1 Å². The number of halogens is 4. The average molecular weight is 237 g/mol. The normalized spacial score (nSPS) is 9.44. The number of rotatable bonds is 1. The van der Waals surface area contributed by atoms with E-state index in [0.29, 0.717) is 0 Å². The van der Waals surface area contributed by atoms with Crippen LogP contribution in [0.15, 0.2) is 0 Å². The second-order valence-corrected chi connectivity index (χ2v) is 2.60. The zero-order chi connectivity index (χ0) is 13.0. The van der Waals surface area contributed by atoms with Gasteiger partial charge in [0.1, 0.15) is 5.69 Å². The molecule has 0 fully saturated rings. The van der Waals surface area contributed by atoms with Gasteiger partial charge in [-0.1, -0.05) is 13.8 Å². The van der Waals surface area contributed by atoms with Crippen molar-refractivity contribution in [1.82, 2.24) is 0 Å². The van der Waals surface area contributed by atoms with Crippen molar-refractivity contribution in [3.05, 3.63) is 28.8 Å². The molecule has 1 rings (SSSR count). The Balaban J connectivity index is 0.00000106. The van der Waals surface area contributed by atoms with Crippen LogP contribution < -0.4 is 5.73 Å². The van der Waals surface area contributed by atoms with E-state index in [1.54, 1.807) is 0 Å². The van der Waals surface area contributed by atoms with Gasteiger partial charge in [0.05, 0.1) is 5.56 Å². The molecule has 90 valence electrons. The maximum atomic E-state index is 12.9. The Morgan fingerprint density at radius 2 is 1.25 bits per heavy atom. The monoisotopic (exact) mass is 237 g/mol. The van der Waals surface area contributed by atoms with Crippen molar-refractivity contribution in [1.29, 1.82) is 0 Å². The zero-order valence-electron chi connectivity index (χ0n) is 9.00. The van der Waals surface area contributed by atoms with E-state index in [-0.39, 0.29) is 0 Å². The van der Waals surface area contributed by atoms with E-state index in [1.165, 1.54) is 0 Å². The molecule has 2 N–H and O–H groups in total. The minimum absolute atomic E-state index is 0.788. The van der Waals surface area contributed by atoms with Gasteiger partial charge >= 0.3 is 0 Å². The summed E-state index contributed by atoms with van der Waals surface area (Å²) in [6.45, 7) is 4.79. The summed E-state index contributed by atoms with van der Waals surface area (Å²) >= 11 is 0. The molecule has 1 aromatic rings. The van der Waals surface area contributed by atoms with E-state index in [1.807, 2.05) is 13.8 Å². The number of hydrogen-bond donors (Lipinski definition) is 1. The number of benzene rings is 1. The van der Waals surface area contributed by atoms with Gasteiger partial charge < -0.3 is 5.73 Å². The predicted octanol–water partition coefficient (Wildman–Crippen LogP) is 3.05. The molecule has 0 heterocycles. The quantitative estimate of drug-likeness (QED) is 0.353. The fourth-order valence-corrected chi connectivity index (χ4v) is 0.958. The summed E-state index contributed by atoms with van der Waals surface area (Å²) in [5.41, 5.74) is 2.18. The second-order valence-electron chi connectivity index (χ2n) is 2.60. The van der Waals surface area contributed by atoms with Crippen molar-refractivity contribution in [3.8, 4) is 0 Å². The molecule has 0 saturated heterocycles. The van der Waals surface area contributed by atoms with Crippen molar-refractivity contribution < 1.29 is 22.4 Å². The SMILES string of the molecule is CC.CC(=O)c1c(F)c(F)c(N)c(F)c1F. The minimum atomic E-state index is -1.77. The van der Waals surface area contributed by atoms with E-state index >= 15 is 0 Å². The molecule has 0 aromatic heterocycles. The standard InChI is InChI=1S/C8H5F4NO.C2H6/c1-2(14)3-4(9)6(11)8(13)7(12)5(3)10;1-2/h13H2,1H3;1-2H3. The van der Waals surface area contributed by atoms with E-state index in [0.717, 1.165) is 6.92 Å². The smallest absolute Gasteiger partial charge is 0.185 e. The number of carbonyl (C=O) groups is 1. The van der Waals surface area contributed by atoms with Gasteiger partial charge in [-0.05, 0) is 6.92 Å². The van der Waals surface area contributed by atoms with Gasteiger partial charge in [-0.15, -0.1) is 0 Å². The van der Waals surface area contributed by atoms with Crippen LogP contribution in [0.5, 0.6) is 0 Å². The van der Waals surface area contributed by atoms with Crippen LogP contribution in [-0.4, -0.2) is 5.78 Å². The number of nitrogen functional groups attached to an aromatic ring is 1. The maximum absolute atomic E-state index is 12.9. The molecule has 0 unspecified atom stereocenters. The molecular formula is C10H11F4NO. The Hall–Kier alpha value is -1.59. The van der Waals surface area contributed by atoms with Gasteiger partial charge in [0.15, 0.2) is 29.1 Å². The molecule has 0 spiro atoms. The molecule has 0 aliphatic carbocycles. The van der Waals surface area contributed by atoms with Crippen molar-refractivity contribution in [2.75, 3.05) is 5.73 Å². The molecule has 16 heavy (non-hydrogen) atoms. The highest BCUT2D eigenvalue weighted by Gasteiger charge is 2.25. The van der Waals surface area contributed by atoms with Gasteiger partial charge in [-0.3, -0.25) is 4.79 Å². The number of hydrogen-bond acceptors (Lipinski definition) is 2. The van der Waals surface area contributed by atoms with E-state index in [4.69, 9.17) is 5.73 Å². The van der Waals surface area contributed by atoms with Crippen LogP contribution in [0.4, 0.5) is 23.2 Å². The summed E-state index contributed by atoms with van der Waals surface area (Å²) in [6, 6.07) is 0. The van der Waals surface area contributed by atoms with Crippen LogP contribution in [0, 0.1) is 23.3 Å². The number of anilines is 1. The lowest BCUT2D eigenvalue weighted by atomic mass is 10.1. The number of carbonyl (C=O) groups excluding carboxylic acids is 1. The summed E-state index contributed by atoms with van der Waals surface area (Å²) in [7, 11) is 0. The summed E-state index contributed by atoms with van der Waals surface area (Å²) in [5, 5.41) is 0. The molecule has 0 amide bonds. The van der Waals surface area contributed by atoms with E-state index in [2.05, 4.69) is 0 Å². The van der Waals surface area contributed by atoms with E-state index < -0.39 is 40.3 Å². The van der Waals surface area contributed by atoms with Crippen molar-refractivity contribution in [2.45, 2.75) is 20.8 Å².